The van der Waals surface area contributed by atoms with Crippen molar-refractivity contribution < 1.29 is 14.1 Å². The first kappa shape index (κ1) is 15.7. The van der Waals surface area contributed by atoms with Crippen LogP contribution in [0.2, 0.25) is 0 Å². The van der Waals surface area contributed by atoms with Gasteiger partial charge < -0.3 is 14.6 Å². The average Bonchev–Trinajstić information content (AvgIpc) is 3.09. The number of benzene rings is 2. The van der Waals surface area contributed by atoms with Crippen LogP contribution in [0.4, 0.5) is 0 Å². The number of aryl methyl sites for hydroxylation is 1. The predicted molar refractivity (Wildman–Crippen MR) is 88.6 cm³/mol. The second-order valence-corrected chi connectivity index (χ2v) is 5.26. The summed E-state index contributed by atoms with van der Waals surface area (Å²) in [5.74, 6) is 1.23. The molecule has 1 amide bonds. The molecular weight excluding hydrogens is 306 g/mol. The summed E-state index contributed by atoms with van der Waals surface area (Å²) in [6.45, 7) is 2.13. The maximum absolute atomic E-state index is 12.1. The van der Waals surface area contributed by atoms with Crippen molar-refractivity contribution in [3.8, 4) is 17.1 Å². The van der Waals surface area contributed by atoms with E-state index in [1.165, 1.54) is 0 Å². The van der Waals surface area contributed by atoms with E-state index in [1.54, 1.807) is 19.2 Å². The first-order chi connectivity index (χ1) is 11.7. The number of amides is 1. The van der Waals surface area contributed by atoms with E-state index in [0.717, 1.165) is 11.1 Å². The maximum atomic E-state index is 12.1. The van der Waals surface area contributed by atoms with E-state index in [2.05, 4.69) is 15.5 Å². The Morgan fingerprint density at radius 2 is 1.92 bits per heavy atom. The zero-order valence-electron chi connectivity index (χ0n) is 13.4. The van der Waals surface area contributed by atoms with E-state index < -0.39 is 0 Å². The van der Waals surface area contributed by atoms with E-state index in [-0.39, 0.29) is 12.5 Å². The number of hydrogen-bond acceptors (Lipinski definition) is 5. The number of carbonyl (C=O) groups is 1. The predicted octanol–water partition coefficient (Wildman–Crippen LogP) is 2.98. The van der Waals surface area contributed by atoms with E-state index in [1.807, 2.05) is 43.3 Å². The Hall–Kier alpha value is -3.15. The van der Waals surface area contributed by atoms with Gasteiger partial charge in [0.15, 0.2) is 0 Å². The van der Waals surface area contributed by atoms with E-state index in [0.29, 0.717) is 23.0 Å². The van der Waals surface area contributed by atoms with Crippen LogP contribution in [0.15, 0.2) is 53.1 Å². The summed E-state index contributed by atoms with van der Waals surface area (Å²) in [6, 6.07) is 14.7. The fraction of sp³-hybridized carbons (Fsp3) is 0.167. The number of ether oxygens (including phenoxy) is 1. The van der Waals surface area contributed by atoms with Gasteiger partial charge in [-0.05, 0) is 31.2 Å². The molecule has 6 nitrogen and oxygen atoms in total. The Labute approximate surface area is 139 Å². The van der Waals surface area contributed by atoms with Crippen LogP contribution < -0.4 is 10.1 Å². The molecule has 1 N–H and O–H groups in total. The van der Waals surface area contributed by atoms with Gasteiger partial charge in [0.05, 0.1) is 19.2 Å². The molecule has 6 heteroatoms. The SMILES string of the molecule is COc1ccccc1-c1noc(CNC(=O)c2ccc(C)cc2)n1. The van der Waals surface area contributed by atoms with Gasteiger partial charge in [-0.2, -0.15) is 4.98 Å². The molecule has 1 heterocycles. The molecular formula is C18H17N3O3. The third kappa shape index (κ3) is 3.43. The van der Waals surface area contributed by atoms with Crippen molar-refractivity contribution in [3.05, 3.63) is 65.5 Å². The smallest absolute Gasteiger partial charge is 0.251 e. The summed E-state index contributed by atoms with van der Waals surface area (Å²) in [6.07, 6.45) is 0. The second kappa shape index (κ2) is 6.95. The molecule has 24 heavy (non-hydrogen) atoms. The van der Waals surface area contributed by atoms with Crippen LogP contribution in [-0.4, -0.2) is 23.2 Å². The lowest BCUT2D eigenvalue weighted by molar-refractivity contribution is 0.0946. The zero-order chi connectivity index (χ0) is 16.9. The Morgan fingerprint density at radius 1 is 1.17 bits per heavy atom. The average molecular weight is 323 g/mol. The summed E-state index contributed by atoms with van der Waals surface area (Å²) in [5.41, 5.74) is 2.43. The Kier molecular flexibility index (Phi) is 4.56. The monoisotopic (exact) mass is 323 g/mol. The number of aromatic nitrogens is 2. The van der Waals surface area contributed by atoms with E-state index in [9.17, 15) is 4.79 Å². The van der Waals surface area contributed by atoms with Gasteiger partial charge in [-0.15, -0.1) is 0 Å². The second-order valence-electron chi connectivity index (χ2n) is 5.26. The topological polar surface area (TPSA) is 77.3 Å². The van der Waals surface area contributed by atoms with Crippen LogP contribution in [0.25, 0.3) is 11.4 Å². The Morgan fingerprint density at radius 3 is 2.67 bits per heavy atom. The molecule has 0 bridgehead atoms. The summed E-state index contributed by atoms with van der Waals surface area (Å²) in [5, 5.41) is 6.70. The number of nitrogens with one attached hydrogen (secondary N) is 1. The number of carbonyl (C=O) groups excluding carboxylic acids is 1. The van der Waals surface area contributed by atoms with Gasteiger partial charge in [-0.1, -0.05) is 35.0 Å². The minimum atomic E-state index is -0.188. The van der Waals surface area contributed by atoms with Crippen molar-refractivity contribution in [1.29, 1.82) is 0 Å². The summed E-state index contributed by atoms with van der Waals surface area (Å²) in [7, 11) is 1.58. The van der Waals surface area contributed by atoms with Crippen LogP contribution in [0, 0.1) is 6.92 Å². The van der Waals surface area contributed by atoms with Gasteiger partial charge in [0.2, 0.25) is 11.7 Å². The number of methoxy groups -OCH3 is 1. The Balaban J connectivity index is 1.68. The van der Waals surface area contributed by atoms with Gasteiger partial charge in [0.25, 0.3) is 5.91 Å². The van der Waals surface area contributed by atoms with E-state index in [4.69, 9.17) is 9.26 Å². The largest absolute Gasteiger partial charge is 0.496 e. The lowest BCUT2D eigenvalue weighted by Gasteiger charge is -2.03. The molecule has 0 radical (unpaired) electrons. The molecule has 0 aliphatic carbocycles. The number of nitrogens with zero attached hydrogens (tertiary/aromatic N) is 2. The zero-order valence-corrected chi connectivity index (χ0v) is 13.4. The highest BCUT2D eigenvalue weighted by Gasteiger charge is 2.13. The number of hydrogen-bond donors (Lipinski definition) is 1. The van der Waals surface area contributed by atoms with Crippen LogP contribution in [-0.2, 0) is 6.54 Å². The van der Waals surface area contributed by atoms with E-state index >= 15 is 0 Å². The number of para-hydroxylation sites is 1. The lowest BCUT2D eigenvalue weighted by atomic mass is 10.1. The minimum absolute atomic E-state index is 0.162. The van der Waals surface area contributed by atoms with Gasteiger partial charge in [0.1, 0.15) is 5.75 Å². The fourth-order valence-corrected chi connectivity index (χ4v) is 2.23. The molecule has 0 fully saturated rings. The molecule has 1 aromatic heterocycles. The van der Waals surface area contributed by atoms with Crippen molar-refractivity contribution in [1.82, 2.24) is 15.5 Å². The van der Waals surface area contributed by atoms with Gasteiger partial charge in [-0.3, -0.25) is 4.79 Å². The molecule has 3 rings (SSSR count). The van der Waals surface area contributed by atoms with Crippen LogP contribution in [0.5, 0.6) is 5.75 Å². The third-order valence-corrected chi connectivity index (χ3v) is 3.53. The lowest BCUT2D eigenvalue weighted by Crippen LogP contribution is -2.22. The quantitative estimate of drug-likeness (QED) is 0.781. The van der Waals surface area contributed by atoms with Gasteiger partial charge in [0, 0.05) is 5.56 Å². The van der Waals surface area contributed by atoms with Crippen LogP contribution >= 0.6 is 0 Å². The molecule has 0 aliphatic rings. The number of rotatable bonds is 5. The molecule has 0 unspecified atom stereocenters. The first-order valence-electron chi connectivity index (χ1n) is 7.48. The molecule has 0 saturated carbocycles. The molecule has 3 aromatic rings. The molecule has 122 valence electrons. The minimum Gasteiger partial charge on any atom is -0.496 e. The maximum Gasteiger partial charge on any atom is 0.251 e. The standard InChI is InChI=1S/C18H17N3O3/c1-12-7-9-13(10-8-12)18(22)19-11-16-20-17(21-24-16)14-5-3-4-6-15(14)23-2/h3-10H,11H2,1-2H3,(H,19,22). The van der Waals surface area contributed by atoms with Crippen LogP contribution in [0.1, 0.15) is 21.8 Å². The fourth-order valence-electron chi connectivity index (χ4n) is 2.23. The van der Waals surface area contributed by atoms with Crippen LogP contribution in [0.3, 0.4) is 0 Å². The molecule has 0 atom stereocenters. The molecule has 0 spiro atoms. The van der Waals surface area contributed by atoms with Gasteiger partial charge in [-0.25, -0.2) is 0 Å². The summed E-state index contributed by atoms with van der Waals surface area (Å²) >= 11 is 0. The van der Waals surface area contributed by atoms with Crippen molar-refractivity contribution in [3.63, 3.8) is 0 Å². The summed E-state index contributed by atoms with van der Waals surface area (Å²) < 4.78 is 10.5. The van der Waals surface area contributed by atoms with Gasteiger partial charge >= 0.3 is 0 Å². The highest BCUT2D eigenvalue weighted by molar-refractivity contribution is 5.94. The van der Waals surface area contributed by atoms with Crippen molar-refractivity contribution >= 4 is 5.91 Å². The Bertz CT molecular complexity index is 841. The summed E-state index contributed by atoms with van der Waals surface area (Å²) in [4.78, 5) is 16.4. The van der Waals surface area contributed by atoms with Crippen molar-refractivity contribution in [2.45, 2.75) is 13.5 Å². The van der Waals surface area contributed by atoms with Crippen molar-refractivity contribution in [2.24, 2.45) is 0 Å². The highest BCUT2D eigenvalue weighted by atomic mass is 16.5. The molecule has 0 aliphatic heterocycles. The third-order valence-electron chi connectivity index (χ3n) is 3.53. The molecule has 0 saturated heterocycles. The highest BCUT2D eigenvalue weighted by Crippen LogP contribution is 2.26. The van der Waals surface area contributed by atoms with Crippen molar-refractivity contribution in [2.75, 3.05) is 7.11 Å². The normalized spacial score (nSPS) is 10.4. The first-order valence-corrected chi connectivity index (χ1v) is 7.48. The molecule has 2 aromatic carbocycles.